The maximum Gasteiger partial charge on any atom is 0.346 e. The van der Waals surface area contributed by atoms with E-state index in [2.05, 4.69) is 5.10 Å². The summed E-state index contributed by atoms with van der Waals surface area (Å²) in [6.45, 7) is 1.31. The van der Waals surface area contributed by atoms with Crippen molar-refractivity contribution in [2.75, 3.05) is 0 Å². The van der Waals surface area contributed by atoms with Gasteiger partial charge in [0.1, 0.15) is 11.6 Å². The monoisotopic (exact) mass is 276 g/mol. The molecule has 0 amide bonds. The van der Waals surface area contributed by atoms with Crippen LogP contribution in [-0.2, 0) is 26.1 Å². The first kappa shape index (κ1) is 13.1. The first-order valence-corrected chi connectivity index (χ1v) is 6.83. The van der Waals surface area contributed by atoms with Gasteiger partial charge in [0.05, 0.1) is 6.54 Å². The number of nitrogens with zero attached hydrogens (tertiary/aromatic N) is 3. The van der Waals surface area contributed by atoms with Gasteiger partial charge >= 0.3 is 5.69 Å². The lowest BCUT2D eigenvalue weighted by Gasteiger charge is -2.09. The lowest BCUT2D eigenvalue weighted by atomic mass is 10.1. The first-order valence-electron chi connectivity index (χ1n) is 6.83. The van der Waals surface area contributed by atoms with Crippen molar-refractivity contribution >= 4 is 0 Å². The fraction of sp³-hybridized carbons (Fsp3) is 0.429. The van der Waals surface area contributed by atoms with Crippen LogP contribution in [0.4, 0.5) is 4.39 Å². The molecule has 6 heteroatoms. The molecule has 0 saturated carbocycles. The van der Waals surface area contributed by atoms with Gasteiger partial charge in [-0.25, -0.2) is 13.9 Å². The van der Waals surface area contributed by atoms with Crippen LogP contribution in [0.2, 0.25) is 0 Å². The number of rotatable bonds is 3. The Hall–Kier alpha value is -1.95. The average Bonchev–Trinajstić information content (AvgIpc) is 2.76. The smallest absolute Gasteiger partial charge is 0.326 e. The SMILES string of the molecule is NCc1ccc(F)cc1Cn1nc2n(c1=O)CCCC2. The van der Waals surface area contributed by atoms with Crippen LogP contribution >= 0.6 is 0 Å². The number of benzene rings is 1. The van der Waals surface area contributed by atoms with E-state index in [1.54, 1.807) is 10.6 Å². The molecule has 20 heavy (non-hydrogen) atoms. The van der Waals surface area contributed by atoms with Crippen molar-refractivity contribution in [1.82, 2.24) is 14.3 Å². The van der Waals surface area contributed by atoms with Crippen LogP contribution in [0.15, 0.2) is 23.0 Å². The van der Waals surface area contributed by atoms with E-state index in [0.717, 1.165) is 37.2 Å². The summed E-state index contributed by atoms with van der Waals surface area (Å²) in [5, 5.41) is 4.35. The molecule has 1 aromatic carbocycles. The highest BCUT2D eigenvalue weighted by Gasteiger charge is 2.17. The van der Waals surface area contributed by atoms with Crippen molar-refractivity contribution < 1.29 is 4.39 Å². The third-order valence-corrected chi connectivity index (χ3v) is 3.74. The first-order chi connectivity index (χ1) is 9.69. The second kappa shape index (κ2) is 5.20. The van der Waals surface area contributed by atoms with Crippen LogP contribution in [0.5, 0.6) is 0 Å². The minimum Gasteiger partial charge on any atom is -0.326 e. The Morgan fingerprint density at radius 3 is 2.90 bits per heavy atom. The number of halogens is 1. The summed E-state index contributed by atoms with van der Waals surface area (Å²) in [7, 11) is 0. The third kappa shape index (κ3) is 2.27. The molecule has 1 aliphatic heterocycles. The quantitative estimate of drug-likeness (QED) is 0.910. The Balaban J connectivity index is 1.98. The van der Waals surface area contributed by atoms with Crippen LogP contribution in [-0.4, -0.2) is 14.3 Å². The van der Waals surface area contributed by atoms with Crippen LogP contribution in [0, 0.1) is 5.82 Å². The highest BCUT2D eigenvalue weighted by Crippen LogP contribution is 2.13. The number of aryl methyl sites for hydroxylation is 1. The van der Waals surface area contributed by atoms with E-state index in [1.165, 1.54) is 16.8 Å². The van der Waals surface area contributed by atoms with Crippen LogP contribution in [0.25, 0.3) is 0 Å². The van der Waals surface area contributed by atoms with Gasteiger partial charge in [-0.05, 0) is 36.1 Å². The van der Waals surface area contributed by atoms with E-state index in [9.17, 15) is 9.18 Å². The Morgan fingerprint density at radius 2 is 2.15 bits per heavy atom. The van der Waals surface area contributed by atoms with Gasteiger partial charge in [-0.2, -0.15) is 5.10 Å². The molecule has 3 rings (SSSR count). The van der Waals surface area contributed by atoms with Gasteiger partial charge in [0.25, 0.3) is 0 Å². The van der Waals surface area contributed by atoms with Gasteiger partial charge in [0, 0.05) is 19.5 Å². The lowest BCUT2D eigenvalue weighted by molar-refractivity contribution is 0.511. The van der Waals surface area contributed by atoms with E-state index in [0.29, 0.717) is 12.1 Å². The molecular formula is C14H17FN4O. The number of fused-ring (bicyclic) bond motifs is 1. The van der Waals surface area contributed by atoms with Gasteiger partial charge in [-0.3, -0.25) is 4.57 Å². The molecule has 2 heterocycles. The Labute approximate surface area is 115 Å². The Morgan fingerprint density at radius 1 is 1.30 bits per heavy atom. The molecular weight excluding hydrogens is 259 g/mol. The molecule has 106 valence electrons. The minimum atomic E-state index is -0.325. The maximum absolute atomic E-state index is 13.4. The molecule has 1 aliphatic rings. The zero-order valence-corrected chi connectivity index (χ0v) is 11.2. The fourth-order valence-corrected chi connectivity index (χ4v) is 2.65. The normalized spacial score (nSPS) is 14.3. The van der Waals surface area contributed by atoms with Gasteiger partial charge in [0.2, 0.25) is 0 Å². The highest BCUT2D eigenvalue weighted by molar-refractivity contribution is 5.28. The molecule has 2 N–H and O–H groups in total. The number of hydrogen-bond donors (Lipinski definition) is 1. The highest BCUT2D eigenvalue weighted by atomic mass is 19.1. The number of aromatic nitrogens is 3. The number of nitrogens with two attached hydrogens (primary N) is 1. The van der Waals surface area contributed by atoms with Crippen molar-refractivity contribution in [2.24, 2.45) is 5.73 Å². The summed E-state index contributed by atoms with van der Waals surface area (Å²) in [5.74, 6) is 0.501. The predicted octanol–water partition coefficient (Wildman–Crippen LogP) is 1.03. The van der Waals surface area contributed by atoms with Crippen LogP contribution < -0.4 is 11.4 Å². The summed E-state index contributed by atoms with van der Waals surface area (Å²) in [4.78, 5) is 12.2. The molecule has 0 atom stereocenters. The molecule has 0 fully saturated rings. The van der Waals surface area contributed by atoms with E-state index >= 15 is 0 Å². The van der Waals surface area contributed by atoms with Crippen molar-refractivity contribution in [3.63, 3.8) is 0 Å². The van der Waals surface area contributed by atoms with E-state index in [4.69, 9.17) is 5.73 Å². The van der Waals surface area contributed by atoms with Crippen LogP contribution in [0.3, 0.4) is 0 Å². The van der Waals surface area contributed by atoms with E-state index < -0.39 is 0 Å². The van der Waals surface area contributed by atoms with Crippen molar-refractivity contribution in [2.45, 2.75) is 38.9 Å². The number of hydrogen-bond acceptors (Lipinski definition) is 3. The van der Waals surface area contributed by atoms with Gasteiger partial charge in [0.15, 0.2) is 0 Å². The molecule has 0 aliphatic carbocycles. The predicted molar refractivity (Wildman–Crippen MR) is 72.8 cm³/mol. The van der Waals surface area contributed by atoms with Crippen molar-refractivity contribution in [3.05, 3.63) is 51.5 Å². The second-order valence-corrected chi connectivity index (χ2v) is 5.08. The van der Waals surface area contributed by atoms with Crippen LogP contribution in [0.1, 0.15) is 29.8 Å². The maximum atomic E-state index is 13.4. The van der Waals surface area contributed by atoms with Crippen molar-refractivity contribution in [1.29, 1.82) is 0 Å². The largest absolute Gasteiger partial charge is 0.346 e. The zero-order valence-electron chi connectivity index (χ0n) is 11.2. The summed E-state index contributed by atoms with van der Waals surface area (Å²) in [6.07, 6.45) is 2.90. The van der Waals surface area contributed by atoms with Gasteiger partial charge in [-0.1, -0.05) is 6.07 Å². The Kier molecular flexibility index (Phi) is 3.40. The molecule has 0 unspecified atom stereocenters. The summed E-state index contributed by atoms with van der Waals surface area (Å²) in [5.41, 5.74) is 7.09. The Bertz CT molecular complexity index is 689. The molecule has 0 saturated heterocycles. The van der Waals surface area contributed by atoms with E-state index in [1.807, 2.05) is 0 Å². The fourth-order valence-electron chi connectivity index (χ4n) is 2.65. The average molecular weight is 276 g/mol. The summed E-state index contributed by atoms with van der Waals surface area (Å²) >= 11 is 0. The van der Waals surface area contributed by atoms with Gasteiger partial charge in [-0.15, -0.1) is 0 Å². The molecule has 1 aromatic heterocycles. The zero-order chi connectivity index (χ0) is 14.1. The minimum absolute atomic E-state index is 0.119. The second-order valence-electron chi connectivity index (χ2n) is 5.08. The standard InChI is InChI=1S/C14H17FN4O/c15-12-5-4-10(8-16)11(7-12)9-19-14(20)18-6-2-1-3-13(18)17-19/h4-5,7H,1-3,6,8-9,16H2. The molecule has 0 spiro atoms. The molecule has 0 radical (unpaired) electrons. The van der Waals surface area contributed by atoms with Crippen molar-refractivity contribution in [3.8, 4) is 0 Å². The molecule has 5 nitrogen and oxygen atoms in total. The topological polar surface area (TPSA) is 65.8 Å². The summed E-state index contributed by atoms with van der Waals surface area (Å²) in [6, 6.07) is 4.46. The molecule has 2 aromatic rings. The molecule has 0 bridgehead atoms. The lowest BCUT2D eigenvalue weighted by Crippen LogP contribution is -2.27. The van der Waals surface area contributed by atoms with Gasteiger partial charge < -0.3 is 5.73 Å². The third-order valence-electron chi connectivity index (χ3n) is 3.74. The van der Waals surface area contributed by atoms with E-state index in [-0.39, 0.29) is 18.1 Å². The summed E-state index contributed by atoms with van der Waals surface area (Å²) < 4.78 is 16.5.